The van der Waals surface area contributed by atoms with E-state index in [-0.39, 0.29) is 0 Å². The first-order valence-electron chi connectivity index (χ1n) is 5.54. The smallest absolute Gasteiger partial charge is 0.123 e. The van der Waals surface area contributed by atoms with Gasteiger partial charge in [-0.1, -0.05) is 12.1 Å². The molecule has 0 saturated carbocycles. The van der Waals surface area contributed by atoms with E-state index in [1.807, 2.05) is 12.1 Å². The van der Waals surface area contributed by atoms with Gasteiger partial charge in [0.2, 0.25) is 0 Å². The molecule has 0 spiro atoms. The third-order valence-corrected chi connectivity index (χ3v) is 2.88. The molecule has 0 unspecified atom stereocenters. The lowest BCUT2D eigenvalue weighted by molar-refractivity contribution is 1.32. The van der Waals surface area contributed by atoms with Crippen LogP contribution in [-0.2, 0) is 0 Å². The number of nitrogens with zero attached hydrogens (tertiary/aromatic N) is 1. The molecule has 0 fully saturated rings. The number of benzene rings is 1. The number of aromatic amines is 1. The van der Waals surface area contributed by atoms with Crippen molar-refractivity contribution in [3.05, 3.63) is 48.2 Å². The minimum Gasteiger partial charge on any atom is -0.384 e. The summed E-state index contributed by atoms with van der Waals surface area (Å²) >= 11 is 0. The molecule has 84 valence electrons. The predicted octanol–water partition coefficient (Wildman–Crippen LogP) is 3.12. The molecule has 0 amide bonds. The number of fused-ring (bicyclic) bond motifs is 1. The number of nitrogens with two attached hydrogens (primary N) is 1. The molecule has 0 aliphatic heterocycles. The van der Waals surface area contributed by atoms with E-state index in [9.17, 15) is 0 Å². The highest BCUT2D eigenvalue weighted by Crippen LogP contribution is 2.24. The predicted molar refractivity (Wildman–Crippen MR) is 70.7 cm³/mol. The van der Waals surface area contributed by atoms with Crippen LogP contribution in [0.15, 0.2) is 42.6 Å². The summed E-state index contributed by atoms with van der Waals surface area (Å²) in [6.45, 7) is 2.09. The number of aromatic nitrogens is 2. The third-order valence-electron chi connectivity index (χ3n) is 2.88. The number of nitrogen functional groups attached to an aromatic ring is 1. The Morgan fingerprint density at radius 3 is 2.76 bits per heavy atom. The van der Waals surface area contributed by atoms with Crippen molar-refractivity contribution in [3.63, 3.8) is 0 Å². The van der Waals surface area contributed by atoms with Crippen LogP contribution in [0.4, 0.5) is 5.82 Å². The Morgan fingerprint density at radius 2 is 2.00 bits per heavy atom. The van der Waals surface area contributed by atoms with Crippen LogP contribution in [0.2, 0.25) is 0 Å². The minimum atomic E-state index is 0.542. The van der Waals surface area contributed by atoms with Crippen molar-refractivity contribution in [1.29, 1.82) is 0 Å². The summed E-state index contributed by atoms with van der Waals surface area (Å²) in [5.74, 6) is 0.542. The van der Waals surface area contributed by atoms with E-state index in [1.54, 1.807) is 6.20 Å². The van der Waals surface area contributed by atoms with Gasteiger partial charge in [-0.15, -0.1) is 0 Å². The number of pyridine rings is 1. The molecule has 3 nitrogen and oxygen atoms in total. The minimum absolute atomic E-state index is 0.542. The van der Waals surface area contributed by atoms with Crippen LogP contribution >= 0.6 is 0 Å². The topological polar surface area (TPSA) is 54.7 Å². The highest BCUT2D eigenvalue weighted by molar-refractivity contribution is 5.86. The number of H-pyrrole nitrogens is 1. The maximum Gasteiger partial charge on any atom is 0.123 e. The third kappa shape index (κ3) is 1.76. The standard InChI is InChI=1S/C14H13N3/c1-9-2-3-10-7-13(17-12(10)6-9)11-4-5-14(15)16-8-11/h2-8,17H,1H3,(H2,15,16). The van der Waals surface area contributed by atoms with Crippen LogP contribution < -0.4 is 5.73 Å². The van der Waals surface area contributed by atoms with Gasteiger partial charge in [0.25, 0.3) is 0 Å². The molecule has 17 heavy (non-hydrogen) atoms. The van der Waals surface area contributed by atoms with Crippen molar-refractivity contribution in [1.82, 2.24) is 9.97 Å². The molecule has 3 N–H and O–H groups in total. The Morgan fingerprint density at radius 1 is 1.12 bits per heavy atom. The average Bonchev–Trinajstić information content (AvgIpc) is 2.72. The summed E-state index contributed by atoms with van der Waals surface area (Å²) in [6.07, 6.45) is 1.78. The zero-order chi connectivity index (χ0) is 11.8. The number of hydrogen-bond acceptors (Lipinski definition) is 2. The Bertz CT molecular complexity index is 666. The van der Waals surface area contributed by atoms with E-state index in [4.69, 9.17) is 5.73 Å². The fourth-order valence-corrected chi connectivity index (χ4v) is 1.96. The fraction of sp³-hybridized carbons (Fsp3) is 0.0714. The second-order valence-electron chi connectivity index (χ2n) is 4.25. The highest BCUT2D eigenvalue weighted by atomic mass is 14.8. The molecule has 0 saturated heterocycles. The Hall–Kier alpha value is -2.29. The number of nitrogens with one attached hydrogen (secondary N) is 1. The van der Waals surface area contributed by atoms with Gasteiger partial charge in [0.05, 0.1) is 0 Å². The van der Waals surface area contributed by atoms with Crippen molar-refractivity contribution in [2.75, 3.05) is 5.73 Å². The van der Waals surface area contributed by atoms with Gasteiger partial charge in [-0.05, 0) is 36.8 Å². The number of anilines is 1. The largest absolute Gasteiger partial charge is 0.384 e. The van der Waals surface area contributed by atoms with Crippen molar-refractivity contribution >= 4 is 16.7 Å². The normalized spacial score (nSPS) is 10.9. The molecule has 0 aliphatic carbocycles. The summed E-state index contributed by atoms with van der Waals surface area (Å²) in [5, 5.41) is 1.21. The van der Waals surface area contributed by atoms with E-state index in [1.165, 1.54) is 10.9 Å². The summed E-state index contributed by atoms with van der Waals surface area (Å²) in [4.78, 5) is 7.49. The Labute approximate surface area is 99.3 Å². The van der Waals surface area contributed by atoms with Crippen LogP contribution in [0.3, 0.4) is 0 Å². The van der Waals surface area contributed by atoms with Crippen LogP contribution in [0.5, 0.6) is 0 Å². The lowest BCUT2D eigenvalue weighted by Gasteiger charge is -1.97. The lowest BCUT2D eigenvalue weighted by Crippen LogP contribution is -1.88. The fourth-order valence-electron chi connectivity index (χ4n) is 1.96. The molecule has 1 aromatic carbocycles. The SMILES string of the molecule is Cc1ccc2cc(-c3ccc(N)nc3)[nH]c2c1. The van der Waals surface area contributed by atoms with Crippen LogP contribution in [-0.4, -0.2) is 9.97 Å². The van der Waals surface area contributed by atoms with Gasteiger partial charge in [0.1, 0.15) is 5.82 Å². The maximum atomic E-state index is 5.58. The molecular formula is C14H13N3. The maximum absolute atomic E-state index is 5.58. The van der Waals surface area contributed by atoms with Gasteiger partial charge in [-0.25, -0.2) is 4.98 Å². The monoisotopic (exact) mass is 223 g/mol. The van der Waals surface area contributed by atoms with E-state index in [0.717, 1.165) is 16.8 Å². The van der Waals surface area contributed by atoms with E-state index < -0.39 is 0 Å². The highest BCUT2D eigenvalue weighted by Gasteiger charge is 2.03. The number of hydrogen-bond donors (Lipinski definition) is 2. The van der Waals surface area contributed by atoms with Gasteiger partial charge in [-0.2, -0.15) is 0 Å². The van der Waals surface area contributed by atoms with Gasteiger partial charge < -0.3 is 10.7 Å². The van der Waals surface area contributed by atoms with Crippen molar-refractivity contribution in [3.8, 4) is 11.3 Å². The van der Waals surface area contributed by atoms with Gasteiger partial charge in [-0.3, -0.25) is 0 Å². The number of rotatable bonds is 1. The quantitative estimate of drug-likeness (QED) is 0.666. The first-order valence-corrected chi connectivity index (χ1v) is 5.54. The molecule has 0 radical (unpaired) electrons. The average molecular weight is 223 g/mol. The molecule has 3 aromatic rings. The van der Waals surface area contributed by atoms with Gasteiger partial charge in [0.15, 0.2) is 0 Å². The molecule has 3 heteroatoms. The van der Waals surface area contributed by atoms with Gasteiger partial charge >= 0.3 is 0 Å². The molecule has 3 rings (SSSR count). The molecular weight excluding hydrogens is 210 g/mol. The Balaban J connectivity index is 2.14. The van der Waals surface area contributed by atoms with Crippen LogP contribution in [0.1, 0.15) is 5.56 Å². The van der Waals surface area contributed by atoms with E-state index in [0.29, 0.717) is 5.82 Å². The second-order valence-corrected chi connectivity index (χ2v) is 4.25. The number of aryl methyl sites for hydroxylation is 1. The zero-order valence-corrected chi connectivity index (χ0v) is 9.57. The summed E-state index contributed by atoms with van der Waals surface area (Å²) in [5.41, 5.74) is 10.1. The molecule has 0 atom stereocenters. The van der Waals surface area contributed by atoms with Crippen molar-refractivity contribution in [2.24, 2.45) is 0 Å². The Kier molecular flexibility index (Phi) is 2.11. The summed E-state index contributed by atoms with van der Waals surface area (Å²) < 4.78 is 0. The van der Waals surface area contributed by atoms with E-state index >= 15 is 0 Å². The molecule has 2 heterocycles. The van der Waals surface area contributed by atoms with Crippen LogP contribution in [0.25, 0.3) is 22.2 Å². The first-order chi connectivity index (χ1) is 8.22. The van der Waals surface area contributed by atoms with E-state index in [2.05, 4.69) is 41.2 Å². The summed E-state index contributed by atoms with van der Waals surface area (Å²) in [6, 6.07) is 12.3. The van der Waals surface area contributed by atoms with Crippen LogP contribution in [0, 0.1) is 6.92 Å². The molecule has 0 bridgehead atoms. The van der Waals surface area contributed by atoms with Gasteiger partial charge in [0, 0.05) is 28.4 Å². The first kappa shape index (κ1) is 9.90. The zero-order valence-electron chi connectivity index (χ0n) is 9.57. The molecule has 2 aromatic heterocycles. The second kappa shape index (κ2) is 3.63. The molecule has 0 aliphatic rings. The lowest BCUT2D eigenvalue weighted by atomic mass is 10.1. The van der Waals surface area contributed by atoms with Crippen molar-refractivity contribution in [2.45, 2.75) is 6.92 Å². The summed E-state index contributed by atoms with van der Waals surface area (Å²) in [7, 11) is 0. The van der Waals surface area contributed by atoms with Crippen molar-refractivity contribution < 1.29 is 0 Å².